The molecule has 0 amide bonds. The summed E-state index contributed by atoms with van der Waals surface area (Å²) in [5, 5.41) is 11.6. The van der Waals surface area contributed by atoms with Crippen LogP contribution in [0.4, 0.5) is 4.39 Å². The molecule has 0 aliphatic carbocycles. The van der Waals surface area contributed by atoms with Gasteiger partial charge in [-0.25, -0.2) is 4.39 Å². The summed E-state index contributed by atoms with van der Waals surface area (Å²) in [6.45, 7) is 2.85. The van der Waals surface area contributed by atoms with Gasteiger partial charge in [-0.05, 0) is 43.1 Å². The highest BCUT2D eigenvalue weighted by molar-refractivity contribution is 5.16. The zero-order valence-corrected chi connectivity index (χ0v) is 10.7. The molecular formula is C14H17FN4. The molecule has 1 aliphatic heterocycles. The van der Waals surface area contributed by atoms with E-state index >= 15 is 0 Å². The largest absolute Gasteiger partial charge is 0.316 e. The first-order valence-electron chi connectivity index (χ1n) is 6.63. The molecule has 1 atom stereocenters. The number of nitrogens with zero attached hydrogens (tertiary/aromatic N) is 3. The second kappa shape index (κ2) is 5.48. The summed E-state index contributed by atoms with van der Waals surface area (Å²) in [7, 11) is 0. The van der Waals surface area contributed by atoms with Gasteiger partial charge < -0.3 is 9.88 Å². The summed E-state index contributed by atoms with van der Waals surface area (Å²) in [4.78, 5) is 0. The maximum absolute atomic E-state index is 12.9. The topological polar surface area (TPSA) is 42.7 Å². The fourth-order valence-corrected chi connectivity index (χ4v) is 2.50. The molecule has 1 saturated heterocycles. The van der Waals surface area contributed by atoms with Crippen molar-refractivity contribution in [1.29, 1.82) is 0 Å². The SMILES string of the molecule is Fc1ccc(Cn2cnnc2CC2CCNC2)cc1. The maximum atomic E-state index is 12.9. The summed E-state index contributed by atoms with van der Waals surface area (Å²) in [6, 6.07) is 6.58. The molecule has 1 aliphatic rings. The van der Waals surface area contributed by atoms with Crippen LogP contribution >= 0.6 is 0 Å². The van der Waals surface area contributed by atoms with Crippen LogP contribution in [0.15, 0.2) is 30.6 Å². The predicted octanol–water partition coefficient (Wildman–Crippen LogP) is 1.62. The van der Waals surface area contributed by atoms with Gasteiger partial charge in [0.05, 0.1) is 6.54 Å². The van der Waals surface area contributed by atoms with Crippen molar-refractivity contribution in [1.82, 2.24) is 20.1 Å². The first-order valence-corrected chi connectivity index (χ1v) is 6.63. The molecule has 1 aromatic carbocycles. The minimum absolute atomic E-state index is 0.204. The molecule has 5 heteroatoms. The number of halogens is 1. The Morgan fingerprint density at radius 1 is 1.32 bits per heavy atom. The van der Waals surface area contributed by atoms with Crippen molar-refractivity contribution < 1.29 is 4.39 Å². The van der Waals surface area contributed by atoms with Crippen LogP contribution in [0, 0.1) is 11.7 Å². The molecule has 0 saturated carbocycles. The molecular weight excluding hydrogens is 243 g/mol. The van der Waals surface area contributed by atoms with Crippen LogP contribution in [0.3, 0.4) is 0 Å². The van der Waals surface area contributed by atoms with E-state index in [0.29, 0.717) is 12.5 Å². The minimum Gasteiger partial charge on any atom is -0.316 e. The van der Waals surface area contributed by atoms with Crippen molar-refractivity contribution >= 4 is 0 Å². The summed E-state index contributed by atoms with van der Waals surface area (Å²) in [5.41, 5.74) is 1.06. The normalized spacial score (nSPS) is 18.9. The van der Waals surface area contributed by atoms with E-state index in [2.05, 4.69) is 15.5 Å². The Balaban J connectivity index is 1.70. The Morgan fingerprint density at radius 2 is 2.16 bits per heavy atom. The van der Waals surface area contributed by atoms with E-state index < -0.39 is 0 Å². The molecule has 0 bridgehead atoms. The summed E-state index contributed by atoms with van der Waals surface area (Å²) >= 11 is 0. The third-order valence-electron chi connectivity index (χ3n) is 3.60. The second-order valence-corrected chi connectivity index (χ2v) is 5.06. The average molecular weight is 260 g/mol. The lowest BCUT2D eigenvalue weighted by atomic mass is 10.0. The van der Waals surface area contributed by atoms with Crippen LogP contribution in [-0.2, 0) is 13.0 Å². The van der Waals surface area contributed by atoms with Gasteiger partial charge >= 0.3 is 0 Å². The molecule has 1 unspecified atom stereocenters. The third-order valence-corrected chi connectivity index (χ3v) is 3.60. The average Bonchev–Trinajstić information content (AvgIpc) is 3.06. The van der Waals surface area contributed by atoms with Crippen molar-refractivity contribution in [3.05, 3.63) is 47.8 Å². The van der Waals surface area contributed by atoms with E-state index in [4.69, 9.17) is 0 Å². The van der Waals surface area contributed by atoms with Crippen molar-refractivity contribution in [2.45, 2.75) is 19.4 Å². The first kappa shape index (κ1) is 12.3. The van der Waals surface area contributed by atoms with Gasteiger partial charge in [0.15, 0.2) is 0 Å². The van der Waals surface area contributed by atoms with Crippen molar-refractivity contribution in [3.8, 4) is 0 Å². The van der Waals surface area contributed by atoms with E-state index in [1.807, 2.05) is 4.57 Å². The van der Waals surface area contributed by atoms with Crippen LogP contribution in [0.25, 0.3) is 0 Å². The lowest BCUT2D eigenvalue weighted by Crippen LogP contribution is -2.14. The molecule has 1 fully saturated rings. The van der Waals surface area contributed by atoms with Crippen molar-refractivity contribution in [2.75, 3.05) is 13.1 Å². The fourth-order valence-electron chi connectivity index (χ4n) is 2.50. The molecule has 2 heterocycles. The molecule has 19 heavy (non-hydrogen) atoms. The van der Waals surface area contributed by atoms with Gasteiger partial charge in [-0.3, -0.25) is 0 Å². The van der Waals surface area contributed by atoms with E-state index in [-0.39, 0.29) is 5.82 Å². The van der Waals surface area contributed by atoms with Gasteiger partial charge in [0.2, 0.25) is 0 Å². The van der Waals surface area contributed by atoms with Crippen molar-refractivity contribution in [3.63, 3.8) is 0 Å². The number of nitrogens with one attached hydrogen (secondary N) is 1. The number of hydrogen-bond donors (Lipinski definition) is 1. The summed E-state index contributed by atoms with van der Waals surface area (Å²) < 4.78 is 14.9. The Morgan fingerprint density at radius 3 is 2.89 bits per heavy atom. The fraction of sp³-hybridized carbons (Fsp3) is 0.429. The van der Waals surface area contributed by atoms with Gasteiger partial charge in [-0.2, -0.15) is 0 Å². The molecule has 3 rings (SSSR count). The zero-order valence-electron chi connectivity index (χ0n) is 10.7. The van der Waals surface area contributed by atoms with Gasteiger partial charge in [-0.1, -0.05) is 12.1 Å². The van der Waals surface area contributed by atoms with Crippen LogP contribution in [0.1, 0.15) is 17.8 Å². The van der Waals surface area contributed by atoms with Crippen LogP contribution < -0.4 is 5.32 Å². The maximum Gasteiger partial charge on any atom is 0.133 e. The molecule has 2 aromatic rings. The van der Waals surface area contributed by atoms with Crippen molar-refractivity contribution in [2.24, 2.45) is 5.92 Å². The quantitative estimate of drug-likeness (QED) is 0.908. The van der Waals surface area contributed by atoms with E-state index in [1.165, 1.54) is 18.6 Å². The summed E-state index contributed by atoms with van der Waals surface area (Å²) in [6.07, 6.45) is 3.90. The number of aromatic nitrogens is 3. The second-order valence-electron chi connectivity index (χ2n) is 5.06. The molecule has 4 nitrogen and oxygen atoms in total. The molecule has 1 aromatic heterocycles. The Kier molecular flexibility index (Phi) is 3.55. The highest BCUT2D eigenvalue weighted by Gasteiger charge is 2.17. The monoisotopic (exact) mass is 260 g/mol. The minimum atomic E-state index is -0.204. The third kappa shape index (κ3) is 2.98. The Bertz CT molecular complexity index is 529. The number of benzene rings is 1. The Labute approximate surface area is 111 Å². The van der Waals surface area contributed by atoms with Gasteiger partial charge in [-0.15, -0.1) is 10.2 Å². The van der Waals surface area contributed by atoms with E-state index in [0.717, 1.165) is 30.9 Å². The predicted molar refractivity (Wildman–Crippen MR) is 70.2 cm³/mol. The summed E-state index contributed by atoms with van der Waals surface area (Å²) in [5.74, 6) is 1.46. The van der Waals surface area contributed by atoms with E-state index in [9.17, 15) is 4.39 Å². The lowest BCUT2D eigenvalue weighted by molar-refractivity contribution is 0.541. The number of rotatable bonds is 4. The lowest BCUT2D eigenvalue weighted by Gasteiger charge is -2.10. The molecule has 1 N–H and O–H groups in total. The van der Waals surface area contributed by atoms with Crippen LogP contribution in [0.5, 0.6) is 0 Å². The highest BCUT2D eigenvalue weighted by Crippen LogP contribution is 2.14. The highest BCUT2D eigenvalue weighted by atomic mass is 19.1. The van der Waals surface area contributed by atoms with Crippen LogP contribution in [0.2, 0.25) is 0 Å². The van der Waals surface area contributed by atoms with Gasteiger partial charge in [0.25, 0.3) is 0 Å². The smallest absolute Gasteiger partial charge is 0.133 e. The first-order chi connectivity index (χ1) is 9.31. The standard InChI is InChI=1S/C14H17FN4/c15-13-3-1-11(2-4-13)9-19-10-17-18-14(19)7-12-5-6-16-8-12/h1-4,10,12,16H,5-9H2. The molecule has 0 radical (unpaired) electrons. The van der Waals surface area contributed by atoms with Gasteiger partial charge in [0.1, 0.15) is 18.0 Å². The zero-order chi connectivity index (χ0) is 13.1. The Hall–Kier alpha value is -1.75. The number of hydrogen-bond acceptors (Lipinski definition) is 3. The molecule has 100 valence electrons. The van der Waals surface area contributed by atoms with Crippen LogP contribution in [-0.4, -0.2) is 27.9 Å². The molecule has 0 spiro atoms. The van der Waals surface area contributed by atoms with Gasteiger partial charge in [0, 0.05) is 6.42 Å². The van der Waals surface area contributed by atoms with E-state index in [1.54, 1.807) is 18.5 Å².